The van der Waals surface area contributed by atoms with E-state index >= 15 is 0 Å². The first-order valence-corrected chi connectivity index (χ1v) is 12.7. The van der Waals surface area contributed by atoms with Crippen LogP contribution in [0.25, 0.3) is 11.3 Å². The second kappa shape index (κ2) is 10.3. The summed E-state index contributed by atoms with van der Waals surface area (Å²) < 4.78 is 30.6. The fourth-order valence-electron chi connectivity index (χ4n) is 4.11. The first kappa shape index (κ1) is 25.0. The predicted molar refractivity (Wildman–Crippen MR) is 133 cm³/mol. The zero-order valence-corrected chi connectivity index (χ0v) is 20.9. The Morgan fingerprint density at radius 3 is 2.70 bits per heavy atom. The Kier molecular flexibility index (Phi) is 6.98. The number of rotatable bonds is 8. The van der Waals surface area contributed by atoms with Gasteiger partial charge in [-0.15, -0.1) is 0 Å². The standard InChI is InChI=1S/C26H25FN4O5S/c1-14(36-17-5-7-20(29-12-17)24(32)15-2-3-15)23-11-21(30-37-23)16-4-6-18(19(27)10-16)26(34)31-8-9-35-13-22(31)25(28)33/h4-7,10-12,14-15,22H,2-3,8-9,13H2,1H3,(H2,28,33)/t14-,22?/m1/s1. The second-order valence-corrected chi connectivity index (χ2v) is 9.92. The zero-order valence-electron chi connectivity index (χ0n) is 20.1. The Labute approximate surface area is 216 Å². The number of carbonyl (C=O) groups is 3. The van der Waals surface area contributed by atoms with Gasteiger partial charge >= 0.3 is 0 Å². The van der Waals surface area contributed by atoms with Crippen LogP contribution in [0.1, 0.15) is 51.6 Å². The molecule has 2 aromatic heterocycles. The van der Waals surface area contributed by atoms with Gasteiger partial charge in [-0.2, -0.15) is 4.37 Å². The molecule has 192 valence electrons. The van der Waals surface area contributed by atoms with Crippen LogP contribution < -0.4 is 10.5 Å². The molecule has 1 aliphatic carbocycles. The number of aromatic nitrogens is 2. The molecule has 9 nitrogen and oxygen atoms in total. The van der Waals surface area contributed by atoms with Crippen molar-refractivity contribution in [1.29, 1.82) is 0 Å². The summed E-state index contributed by atoms with van der Waals surface area (Å²) in [5, 5.41) is 0. The minimum atomic E-state index is -0.937. The molecule has 5 rings (SSSR count). The average Bonchev–Trinajstić information content (AvgIpc) is 3.64. The van der Waals surface area contributed by atoms with Crippen molar-refractivity contribution in [3.8, 4) is 17.0 Å². The molecule has 1 aromatic carbocycles. The summed E-state index contributed by atoms with van der Waals surface area (Å²) in [5.74, 6) is -1.32. The number of nitrogens with two attached hydrogens (primary N) is 1. The predicted octanol–water partition coefficient (Wildman–Crippen LogP) is 3.40. The number of pyridine rings is 1. The van der Waals surface area contributed by atoms with Crippen LogP contribution in [0.15, 0.2) is 42.6 Å². The molecular formula is C26H25FN4O5S. The lowest BCUT2D eigenvalue weighted by Crippen LogP contribution is -2.54. The van der Waals surface area contributed by atoms with Crippen LogP contribution in [0.4, 0.5) is 4.39 Å². The Balaban J connectivity index is 1.26. The molecule has 1 unspecified atom stereocenters. The van der Waals surface area contributed by atoms with Gasteiger partial charge in [0.15, 0.2) is 5.78 Å². The maximum atomic E-state index is 15.0. The van der Waals surface area contributed by atoms with Crippen LogP contribution in [-0.2, 0) is 9.53 Å². The van der Waals surface area contributed by atoms with Crippen molar-refractivity contribution in [1.82, 2.24) is 14.3 Å². The maximum absolute atomic E-state index is 15.0. The summed E-state index contributed by atoms with van der Waals surface area (Å²) in [4.78, 5) is 43.0. The van der Waals surface area contributed by atoms with Crippen LogP contribution >= 0.6 is 11.5 Å². The number of halogens is 1. The quantitative estimate of drug-likeness (QED) is 0.448. The SMILES string of the molecule is C[C@@H](Oc1ccc(C(=O)C2CC2)nc1)c1cc(-c2ccc(C(=O)N3CCOCC3C(N)=O)c(F)c2)ns1. The summed E-state index contributed by atoms with van der Waals surface area (Å²) in [7, 11) is 0. The van der Waals surface area contributed by atoms with Crippen LogP contribution in [0.3, 0.4) is 0 Å². The highest BCUT2D eigenvalue weighted by atomic mass is 32.1. The highest BCUT2D eigenvalue weighted by Crippen LogP contribution is 2.33. The van der Waals surface area contributed by atoms with Crippen LogP contribution in [-0.4, -0.2) is 57.7 Å². The lowest BCUT2D eigenvalue weighted by Gasteiger charge is -2.33. The van der Waals surface area contributed by atoms with E-state index in [0.29, 0.717) is 22.7 Å². The Morgan fingerprint density at radius 2 is 2.03 bits per heavy atom. The second-order valence-electron chi connectivity index (χ2n) is 9.08. The number of morpholine rings is 1. The number of nitrogens with zero attached hydrogens (tertiary/aromatic N) is 3. The van der Waals surface area contributed by atoms with Gasteiger partial charge in [-0.25, -0.2) is 9.37 Å². The summed E-state index contributed by atoms with van der Waals surface area (Å²) in [6.45, 7) is 2.24. The van der Waals surface area contributed by atoms with Crippen LogP contribution in [0.5, 0.6) is 5.75 Å². The normalized spacial score (nSPS) is 18.3. The number of ether oxygens (including phenoxy) is 2. The molecule has 3 heterocycles. The van der Waals surface area contributed by atoms with Crippen molar-refractivity contribution in [3.63, 3.8) is 0 Å². The van der Waals surface area contributed by atoms with E-state index in [9.17, 15) is 18.8 Å². The molecule has 0 bridgehead atoms. The Bertz CT molecular complexity index is 1340. The molecule has 2 aliphatic rings. The smallest absolute Gasteiger partial charge is 0.257 e. The van der Waals surface area contributed by atoms with Crippen molar-refractivity contribution < 1.29 is 28.2 Å². The van der Waals surface area contributed by atoms with Crippen molar-refractivity contribution in [3.05, 3.63) is 64.5 Å². The molecule has 1 aliphatic heterocycles. The average molecular weight is 525 g/mol. The van der Waals surface area contributed by atoms with Gasteiger partial charge in [-0.1, -0.05) is 6.07 Å². The number of carbonyl (C=O) groups excluding carboxylic acids is 3. The first-order chi connectivity index (χ1) is 17.8. The van der Waals surface area contributed by atoms with E-state index in [1.54, 1.807) is 24.3 Å². The molecule has 1 saturated carbocycles. The third-order valence-corrected chi connectivity index (χ3v) is 7.34. The summed E-state index contributed by atoms with van der Waals surface area (Å²) >= 11 is 1.22. The van der Waals surface area contributed by atoms with Crippen molar-refractivity contribution >= 4 is 29.1 Å². The number of hydrogen-bond acceptors (Lipinski definition) is 8. The number of benzene rings is 1. The minimum absolute atomic E-state index is 0.0125. The minimum Gasteiger partial charge on any atom is -0.484 e. The molecule has 11 heteroatoms. The fraction of sp³-hybridized carbons (Fsp3) is 0.346. The third kappa shape index (κ3) is 5.37. The molecule has 37 heavy (non-hydrogen) atoms. The number of Topliss-reactive ketones (excluding diaryl/α,β-unsaturated/α-hetero) is 1. The fourth-order valence-corrected chi connectivity index (χ4v) is 4.84. The van der Waals surface area contributed by atoms with E-state index in [1.807, 2.05) is 6.92 Å². The van der Waals surface area contributed by atoms with Gasteiger partial charge in [0, 0.05) is 18.0 Å². The van der Waals surface area contributed by atoms with Crippen LogP contribution in [0.2, 0.25) is 0 Å². The molecule has 0 radical (unpaired) electrons. The van der Waals surface area contributed by atoms with Crippen molar-refractivity contribution in [2.45, 2.75) is 31.9 Å². The van der Waals surface area contributed by atoms with E-state index in [-0.39, 0.29) is 43.1 Å². The van der Waals surface area contributed by atoms with E-state index in [2.05, 4.69) is 9.36 Å². The molecular weight excluding hydrogens is 499 g/mol. The van der Waals surface area contributed by atoms with Gasteiger partial charge < -0.3 is 20.1 Å². The van der Waals surface area contributed by atoms with Gasteiger partial charge in [0.25, 0.3) is 5.91 Å². The largest absolute Gasteiger partial charge is 0.484 e. The summed E-state index contributed by atoms with van der Waals surface area (Å²) in [6, 6.07) is 8.51. The Hall–Kier alpha value is -3.70. The monoisotopic (exact) mass is 524 g/mol. The van der Waals surface area contributed by atoms with Gasteiger partial charge in [-0.3, -0.25) is 14.4 Å². The lowest BCUT2D eigenvalue weighted by molar-refractivity contribution is -0.127. The van der Waals surface area contributed by atoms with E-state index < -0.39 is 23.7 Å². The van der Waals surface area contributed by atoms with E-state index in [1.165, 1.54) is 34.8 Å². The van der Waals surface area contributed by atoms with Gasteiger partial charge in [0.2, 0.25) is 5.91 Å². The van der Waals surface area contributed by atoms with Crippen molar-refractivity contribution in [2.24, 2.45) is 11.7 Å². The summed E-state index contributed by atoms with van der Waals surface area (Å²) in [5.41, 5.74) is 6.72. The van der Waals surface area contributed by atoms with E-state index in [4.69, 9.17) is 15.2 Å². The maximum Gasteiger partial charge on any atom is 0.257 e. The summed E-state index contributed by atoms with van der Waals surface area (Å²) in [6.07, 6.45) is 3.04. The highest BCUT2D eigenvalue weighted by molar-refractivity contribution is 7.06. The Morgan fingerprint density at radius 1 is 1.22 bits per heavy atom. The molecule has 1 saturated heterocycles. The number of hydrogen-bond donors (Lipinski definition) is 1. The molecule has 3 aromatic rings. The topological polar surface area (TPSA) is 125 Å². The van der Waals surface area contributed by atoms with Gasteiger partial charge in [0.05, 0.1) is 35.5 Å². The van der Waals surface area contributed by atoms with E-state index in [0.717, 1.165) is 17.7 Å². The number of primary amides is 1. The number of ketones is 1. The molecule has 2 N–H and O–H groups in total. The number of amides is 2. The molecule has 0 spiro atoms. The van der Waals surface area contributed by atoms with Gasteiger partial charge in [-0.05, 0) is 61.6 Å². The molecule has 2 amide bonds. The van der Waals surface area contributed by atoms with Crippen LogP contribution in [0, 0.1) is 11.7 Å². The third-order valence-electron chi connectivity index (χ3n) is 6.39. The first-order valence-electron chi connectivity index (χ1n) is 11.9. The lowest BCUT2D eigenvalue weighted by atomic mass is 10.1. The molecule has 2 fully saturated rings. The zero-order chi connectivity index (χ0) is 26.1. The highest BCUT2D eigenvalue weighted by Gasteiger charge is 2.33. The van der Waals surface area contributed by atoms with Gasteiger partial charge in [0.1, 0.15) is 29.4 Å². The van der Waals surface area contributed by atoms with Crippen molar-refractivity contribution in [2.75, 3.05) is 19.8 Å². The molecule has 2 atom stereocenters.